The number of carbonyl (C=O) groups is 1. The molecule has 7 heteroatoms. The average molecular weight is 384 g/mol. The van der Waals surface area contributed by atoms with E-state index in [1.165, 1.54) is 12.8 Å². The standard InChI is InChI=1S/C21H28N4O3/c1-13-17(16-7-8-25(22-16)10-14-5-6-14)18(23-28-13)21-9-15(21)11-24(12-21)19(26)27-20(2,3)4/h7-8,14-15H,5-6,9-12H2,1-4H3. The molecule has 3 fully saturated rings. The van der Waals surface area contributed by atoms with Gasteiger partial charge in [-0.3, -0.25) is 4.68 Å². The van der Waals surface area contributed by atoms with Crippen LogP contribution in [0.15, 0.2) is 16.8 Å². The van der Waals surface area contributed by atoms with Crippen molar-refractivity contribution in [2.45, 2.75) is 64.5 Å². The fraction of sp³-hybridized carbons (Fsp3) is 0.667. The Hall–Kier alpha value is -2.31. The van der Waals surface area contributed by atoms with Crippen molar-refractivity contribution in [2.24, 2.45) is 11.8 Å². The van der Waals surface area contributed by atoms with Crippen LogP contribution < -0.4 is 0 Å². The van der Waals surface area contributed by atoms with Crippen molar-refractivity contribution in [1.29, 1.82) is 0 Å². The molecule has 2 aromatic rings. The monoisotopic (exact) mass is 384 g/mol. The van der Waals surface area contributed by atoms with Gasteiger partial charge in [0.1, 0.15) is 17.1 Å². The van der Waals surface area contributed by atoms with Crippen LogP contribution in [0.2, 0.25) is 0 Å². The van der Waals surface area contributed by atoms with E-state index in [1.54, 1.807) is 0 Å². The van der Waals surface area contributed by atoms with Crippen LogP contribution in [0.1, 0.15) is 51.5 Å². The molecule has 2 unspecified atom stereocenters. The summed E-state index contributed by atoms with van der Waals surface area (Å²) in [7, 11) is 0. The molecule has 0 radical (unpaired) electrons. The Kier molecular flexibility index (Phi) is 3.71. The van der Waals surface area contributed by atoms with Gasteiger partial charge in [0.05, 0.1) is 11.3 Å². The van der Waals surface area contributed by atoms with Gasteiger partial charge in [-0.25, -0.2) is 4.79 Å². The number of aryl methyl sites for hydroxylation is 1. The number of hydrogen-bond donors (Lipinski definition) is 0. The lowest BCUT2D eigenvalue weighted by Crippen LogP contribution is -2.37. The first-order valence-corrected chi connectivity index (χ1v) is 10.2. The highest BCUT2D eigenvalue weighted by molar-refractivity contribution is 5.71. The quantitative estimate of drug-likeness (QED) is 0.802. The van der Waals surface area contributed by atoms with Gasteiger partial charge in [0.15, 0.2) is 0 Å². The Morgan fingerprint density at radius 3 is 2.89 bits per heavy atom. The molecule has 7 nitrogen and oxygen atoms in total. The Bertz CT molecular complexity index is 920. The SMILES string of the molecule is Cc1onc(C23CC2CN(C(=O)OC(C)(C)C)C3)c1-c1ccn(CC2CC2)n1. The molecule has 3 heterocycles. The van der Waals surface area contributed by atoms with Crippen LogP contribution in [0.5, 0.6) is 0 Å². The second kappa shape index (κ2) is 5.84. The molecule has 1 saturated heterocycles. The second-order valence-corrected chi connectivity index (χ2v) is 9.75. The van der Waals surface area contributed by atoms with E-state index >= 15 is 0 Å². The number of fused-ring (bicyclic) bond motifs is 1. The highest BCUT2D eigenvalue weighted by Gasteiger charge is 2.64. The van der Waals surface area contributed by atoms with Crippen LogP contribution >= 0.6 is 0 Å². The summed E-state index contributed by atoms with van der Waals surface area (Å²) >= 11 is 0. The number of amides is 1. The molecule has 2 saturated carbocycles. The lowest BCUT2D eigenvalue weighted by atomic mass is 9.95. The summed E-state index contributed by atoms with van der Waals surface area (Å²) in [5.74, 6) is 1.98. The number of ether oxygens (including phenoxy) is 1. The summed E-state index contributed by atoms with van der Waals surface area (Å²) in [6.07, 6.45) is 5.45. The predicted molar refractivity (Wildman–Crippen MR) is 103 cm³/mol. The van der Waals surface area contributed by atoms with E-state index < -0.39 is 5.60 Å². The number of piperidine rings is 1. The molecule has 1 aliphatic heterocycles. The van der Waals surface area contributed by atoms with Gasteiger partial charge in [0.2, 0.25) is 0 Å². The molecule has 0 N–H and O–H groups in total. The summed E-state index contributed by atoms with van der Waals surface area (Å²) < 4.78 is 13.2. The number of likely N-dealkylation sites (tertiary alicyclic amines) is 1. The number of nitrogens with zero attached hydrogens (tertiary/aromatic N) is 4. The fourth-order valence-corrected chi connectivity index (χ4v) is 4.49. The third kappa shape index (κ3) is 3.01. The lowest BCUT2D eigenvalue weighted by molar-refractivity contribution is 0.0269. The molecule has 0 aromatic carbocycles. The minimum absolute atomic E-state index is 0.121. The number of carbonyl (C=O) groups excluding carboxylic acids is 1. The molecule has 2 aliphatic carbocycles. The van der Waals surface area contributed by atoms with Crippen molar-refractivity contribution < 1.29 is 14.1 Å². The maximum absolute atomic E-state index is 12.5. The Morgan fingerprint density at radius 2 is 2.18 bits per heavy atom. The number of hydrogen-bond acceptors (Lipinski definition) is 5. The van der Waals surface area contributed by atoms with Crippen molar-refractivity contribution in [3.8, 4) is 11.3 Å². The lowest BCUT2D eigenvalue weighted by Gasteiger charge is -2.26. The first-order valence-electron chi connectivity index (χ1n) is 10.2. The van der Waals surface area contributed by atoms with E-state index in [2.05, 4.69) is 11.2 Å². The van der Waals surface area contributed by atoms with E-state index in [0.29, 0.717) is 12.5 Å². The Morgan fingerprint density at radius 1 is 1.39 bits per heavy atom. The van der Waals surface area contributed by atoms with Crippen LogP contribution in [0.25, 0.3) is 11.3 Å². The van der Waals surface area contributed by atoms with E-state index in [-0.39, 0.29) is 11.5 Å². The third-order valence-electron chi connectivity index (χ3n) is 6.17. The number of rotatable bonds is 4. The summed E-state index contributed by atoms with van der Waals surface area (Å²) in [6, 6.07) is 2.06. The van der Waals surface area contributed by atoms with Gasteiger partial charge in [-0.1, -0.05) is 5.16 Å². The van der Waals surface area contributed by atoms with Gasteiger partial charge >= 0.3 is 6.09 Å². The molecule has 28 heavy (non-hydrogen) atoms. The van der Waals surface area contributed by atoms with E-state index in [9.17, 15) is 4.79 Å². The van der Waals surface area contributed by atoms with Gasteiger partial charge in [-0.15, -0.1) is 0 Å². The summed E-state index contributed by atoms with van der Waals surface area (Å²) in [6.45, 7) is 9.97. The summed E-state index contributed by atoms with van der Waals surface area (Å²) in [5, 5.41) is 9.22. The van der Waals surface area contributed by atoms with Crippen LogP contribution in [0.4, 0.5) is 4.79 Å². The van der Waals surface area contributed by atoms with Gasteiger partial charge in [0, 0.05) is 31.2 Å². The zero-order valence-electron chi connectivity index (χ0n) is 17.1. The van der Waals surface area contributed by atoms with Crippen LogP contribution in [0.3, 0.4) is 0 Å². The predicted octanol–water partition coefficient (Wildman–Crippen LogP) is 3.76. The molecule has 2 atom stereocenters. The normalized spacial score (nSPS) is 26.4. The van der Waals surface area contributed by atoms with Crippen molar-refractivity contribution in [2.75, 3.05) is 13.1 Å². The minimum Gasteiger partial charge on any atom is -0.444 e. The zero-order chi connectivity index (χ0) is 19.7. The smallest absolute Gasteiger partial charge is 0.410 e. The molecular weight excluding hydrogens is 356 g/mol. The molecule has 0 spiro atoms. The molecule has 5 rings (SSSR count). The zero-order valence-corrected chi connectivity index (χ0v) is 17.1. The molecule has 150 valence electrons. The van der Waals surface area contributed by atoms with E-state index in [4.69, 9.17) is 14.4 Å². The van der Waals surface area contributed by atoms with E-state index in [1.807, 2.05) is 43.5 Å². The first kappa shape index (κ1) is 17.8. The van der Waals surface area contributed by atoms with Gasteiger partial charge in [-0.05, 0) is 64.9 Å². The fourth-order valence-electron chi connectivity index (χ4n) is 4.49. The Balaban J connectivity index is 1.39. The van der Waals surface area contributed by atoms with Gasteiger partial charge < -0.3 is 14.2 Å². The Labute approximate surface area is 165 Å². The van der Waals surface area contributed by atoms with Crippen LogP contribution in [-0.2, 0) is 16.7 Å². The largest absolute Gasteiger partial charge is 0.444 e. The molecule has 2 aromatic heterocycles. The maximum Gasteiger partial charge on any atom is 0.410 e. The van der Waals surface area contributed by atoms with Gasteiger partial charge in [-0.2, -0.15) is 5.10 Å². The summed E-state index contributed by atoms with van der Waals surface area (Å²) in [5.41, 5.74) is 2.27. The van der Waals surface area contributed by atoms with Crippen LogP contribution in [0, 0.1) is 18.8 Å². The highest BCUT2D eigenvalue weighted by atomic mass is 16.6. The van der Waals surface area contributed by atoms with Crippen LogP contribution in [-0.4, -0.2) is 44.6 Å². The highest BCUT2D eigenvalue weighted by Crippen LogP contribution is 2.60. The molecule has 3 aliphatic rings. The molecular formula is C21H28N4O3. The van der Waals surface area contributed by atoms with Crippen molar-refractivity contribution in [1.82, 2.24) is 19.8 Å². The third-order valence-corrected chi connectivity index (χ3v) is 6.17. The minimum atomic E-state index is -0.485. The second-order valence-electron chi connectivity index (χ2n) is 9.75. The van der Waals surface area contributed by atoms with Crippen molar-refractivity contribution >= 4 is 6.09 Å². The first-order chi connectivity index (χ1) is 13.2. The van der Waals surface area contributed by atoms with Crippen molar-refractivity contribution in [3.05, 3.63) is 23.7 Å². The van der Waals surface area contributed by atoms with E-state index in [0.717, 1.165) is 48.1 Å². The molecule has 1 amide bonds. The maximum atomic E-state index is 12.5. The molecule has 0 bridgehead atoms. The summed E-state index contributed by atoms with van der Waals surface area (Å²) in [4.78, 5) is 14.3. The number of aromatic nitrogens is 3. The average Bonchev–Trinajstić information content (AvgIpc) is 3.38. The van der Waals surface area contributed by atoms with Crippen molar-refractivity contribution in [3.63, 3.8) is 0 Å². The van der Waals surface area contributed by atoms with Gasteiger partial charge in [0.25, 0.3) is 0 Å². The topological polar surface area (TPSA) is 73.4 Å².